The number of amides is 2. The van der Waals surface area contributed by atoms with E-state index in [9.17, 15) is 18.0 Å². The molecule has 4 nitrogen and oxygen atoms in total. The zero-order valence-corrected chi connectivity index (χ0v) is 16.4. The molecule has 0 aliphatic heterocycles. The van der Waals surface area contributed by atoms with Crippen LogP contribution in [0.4, 0.5) is 23.7 Å². The van der Waals surface area contributed by atoms with Gasteiger partial charge in [0.25, 0.3) is 0 Å². The van der Waals surface area contributed by atoms with Gasteiger partial charge in [0.05, 0.1) is 5.56 Å². The minimum absolute atomic E-state index is 0.0856. The Labute approximate surface area is 167 Å². The van der Waals surface area contributed by atoms with E-state index < -0.39 is 17.8 Å². The normalized spacial score (nSPS) is 11.4. The molecule has 152 valence electrons. The molecule has 1 aromatic heterocycles. The number of nitrogens with zero attached hydrogens (tertiary/aromatic N) is 1. The van der Waals surface area contributed by atoms with Gasteiger partial charge in [-0.1, -0.05) is 23.8 Å². The monoisotopic (exact) mass is 401 g/mol. The average Bonchev–Trinajstić information content (AvgIpc) is 2.94. The van der Waals surface area contributed by atoms with Gasteiger partial charge in [0, 0.05) is 29.3 Å². The van der Waals surface area contributed by atoms with Gasteiger partial charge in [0.1, 0.15) is 0 Å². The number of benzene rings is 2. The Balaban J connectivity index is 1.68. The molecule has 0 radical (unpaired) electrons. The Bertz CT molecular complexity index is 1020. The molecule has 2 amide bonds. The maximum absolute atomic E-state index is 12.8. The maximum atomic E-state index is 12.8. The van der Waals surface area contributed by atoms with E-state index in [1.165, 1.54) is 17.7 Å². The highest BCUT2D eigenvalue weighted by molar-refractivity contribution is 5.89. The number of rotatable bonds is 4. The second-order valence-electron chi connectivity index (χ2n) is 6.95. The van der Waals surface area contributed by atoms with Crippen molar-refractivity contribution in [2.24, 2.45) is 0 Å². The van der Waals surface area contributed by atoms with Gasteiger partial charge < -0.3 is 15.2 Å². The van der Waals surface area contributed by atoms with Crippen molar-refractivity contribution in [3.05, 3.63) is 82.7 Å². The average molecular weight is 401 g/mol. The maximum Gasteiger partial charge on any atom is 0.416 e. The van der Waals surface area contributed by atoms with Crippen LogP contribution in [0.15, 0.2) is 54.6 Å². The van der Waals surface area contributed by atoms with E-state index in [1.54, 1.807) is 0 Å². The van der Waals surface area contributed by atoms with E-state index in [0.29, 0.717) is 0 Å². The second-order valence-corrected chi connectivity index (χ2v) is 6.95. The third-order valence-corrected chi connectivity index (χ3v) is 4.72. The van der Waals surface area contributed by atoms with Gasteiger partial charge in [-0.25, -0.2) is 4.79 Å². The van der Waals surface area contributed by atoms with Crippen molar-refractivity contribution in [2.75, 3.05) is 5.32 Å². The molecule has 0 spiro atoms. The lowest BCUT2D eigenvalue weighted by molar-refractivity contribution is -0.137. The van der Waals surface area contributed by atoms with E-state index in [2.05, 4.69) is 15.2 Å². The molecule has 0 saturated carbocycles. The first-order valence-corrected chi connectivity index (χ1v) is 9.12. The zero-order chi connectivity index (χ0) is 21.2. The molecule has 3 aromatic rings. The van der Waals surface area contributed by atoms with Crippen molar-refractivity contribution < 1.29 is 18.0 Å². The molecule has 0 aliphatic carbocycles. The van der Waals surface area contributed by atoms with Crippen LogP contribution < -0.4 is 10.6 Å². The number of anilines is 1. The third-order valence-electron chi connectivity index (χ3n) is 4.72. The molecule has 29 heavy (non-hydrogen) atoms. The number of nitrogens with one attached hydrogen (secondary N) is 2. The fourth-order valence-corrected chi connectivity index (χ4v) is 3.22. The minimum Gasteiger partial charge on any atom is -0.334 e. The smallest absolute Gasteiger partial charge is 0.334 e. The van der Waals surface area contributed by atoms with E-state index >= 15 is 0 Å². The Morgan fingerprint density at radius 2 is 1.69 bits per heavy atom. The van der Waals surface area contributed by atoms with Crippen LogP contribution >= 0.6 is 0 Å². The Kier molecular flexibility index (Phi) is 5.68. The van der Waals surface area contributed by atoms with Crippen molar-refractivity contribution >= 4 is 11.7 Å². The number of carbonyl (C=O) groups excluding carboxylic acids is 1. The molecule has 2 aromatic carbocycles. The second kappa shape index (κ2) is 8.03. The van der Waals surface area contributed by atoms with Gasteiger partial charge in [-0.05, 0) is 62.7 Å². The predicted molar refractivity (Wildman–Crippen MR) is 107 cm³/mol. The fourth-order valence-electron chi connectivity index (χ4n) is 3.22. The van der Waals surface area contributed by atoms with Crippen molar-refractivity contribution in [3.63, 3.8) is 0 Å². The zero-order valence-electron chi connectivity index (χ0n) is 16.4. The van der Waals surface area contributed by atoms with Crippen molar-refractivity contribution in [1.82, 2.24) is 9.88 Å². The molecular formula is C22H22F3N3O. The van der Waals surface area contributed by atoms with E-state index in [4.69, 9.17) is 0 Å². The van der Waals surface area contributed by atoms with Crippen molar-refractivity contribution in [3.8, 4) is 5.69 Å². The van der Waals surface area contributed by atoms with Crippen LogP contribution in [0.25, 0.3) is 5.69 Å². The van der Waals surface area contributed by atoms with Gasteiger partial charge in [0.15, 0.2) is 0 Å². The number of urea groups is 1. The standard InChI is InChI=1S/C22H22F3N3O/c1-14-7-9-20(10-8-14)28-15(2)11-17(16(28)3)13-26-21(29)27-19-6-4-5-18(12-19)22(23,24)25/h4-12H,13H2,1-3H3,(H2,26,27,29). The van der Waals surface area contributed by atoms with Crippen LogP contribution in [0.5, 0.6) is 0 Å². The molecule has 0 aliphatic rings. The minimum atomic E-state index is -4.46. The van der Waals surface area contributed by atoms with E-state index in [1.807, 2.05) is 51.1 Å². The SMILES string of the molecule is Cc1ccc(-n2c(C)cc(CNC(=O)Nc3cccc(C(F)(F)F)c3)c2C)cc1. The van der Waals surface area contributed by atoms with Gasteiger partial charge in [-0.2, -0.15) is 13.2 Å². The molecule has 7 heteroatoms. The summed E-state index contributed by atoms with van der Waals surface area (Å²) in [6.07, 6.45) is -4.46. The number of aromatic nitrogens is 1. The number of aryl methyl sites for hydroxylation is 2. The van der Waals surface area contributed by atoms with Crippen LogP contribution in [-0.4, -0.2) is 10.6 Å². The topological polar surface area (TPSA) is 46.1 Å². The fraction of sp³-hybridized carbons (Fsp3) is 0.227. The highest BCUT2D eigenvalue weighted by Gasteiger charge is 2.30. The van der Waals surface area contributed by atoms with Crippen molar-refractivity contribution in [2.45, 2.75) is 33.5 Å². The predicted octanol–water partition coefficient (Wildman–Crippen LogP) is 5.74. The Morgan fingerprint density at radius 1 is 1.00 bits per heavy atom. The number of hydrogen-bond acceptors (Lipinski definition) is 1. The largest absolute Gasteiger partial charge is 0.416 e. The van der Waals surface area contributed by atoms with Crippen LogP contribution in [-0.2, 0) is 12.7 Å². The summed E-state index contributed by atoms with van der Waals surface area (Å²) in [6, 6.07) is 14.1. The summed E-state index contributed by atoms with van der Waals surface area (Å²) in [5.41, 5.74) is 4.43. The molecule has 0 saturated heterocycles. The highest BCUT2D eigenvalue weighted by Crippen LogP contribution is 2.30. The molecule has 2 N–H and O–H groups in total. The number of carbonyl (C=O) groups is 1. The third kappa shape index (κ3) is 4.80. The lowest BCUT2D eigenvalue weighted by Crippen LogP contribution is -2.28. The molecule has 0 atom stereocenters. The lowest BCUT2D eigenvalue weighted by Gasteiger charge is -2.12. The molecule has 0 unspecified atom stereocenters. The summed E-state index contributed by atoms with van der Waals surface area (Å²) in [4.78, 5) is 12.1. The van der Waals surface area contributed by atoms with Gasteiger partial charge >= 0.3 is 12.2 Å². The number of hydrogen-bond donors (Lipinski definition) is 2. The summed E-state index contributed by atoms with van der Waals surface area (Å²) < 4.78 is 40.5. The first-order valence-electron chi connectivity index (χ1n) is 9.12. The van der Waals surface area contributed by atoms with Gasteiger partial charge in [-0.3, -0.25) is 0 Å². The lowest BCUT2D eigenvalue weighted by atomic mass is 10.2. The summed E-state index contributed by atoms with van der Waals surface area (Å²) in [5.74, 6) is 0. The Hall–Kier alpha value is -3.22. The van der Waals surface area contributed by atoms with Crippen LogP contribution in [0, 0.1) is 20.8 Å². The number of alkyl halides is 3. The number of halogens is 3. The Morgan fingerprint density at radius 3 is 2.34 bits per heavy atom. The molecule has 0 bridgehead atoms. The van der Waals surface area contributed by atoms with Gasteiger partial charge in [0.2, 0.25) is 0 Å². The summed E-state index contributed by atoms with van der Waals surface area (Å²) in [5, 5.41) is 5.15. The quantitative estimate of drug-likeness (QED) is 0.575. The first kappa shape index (κ1) is 20.5. The molecule has 1 heterocycles. The molecule has 0 fully saturated rings. The molecule has 3 rings (SSSR count). The van der Waals surface area contributed by atoms with E-state index in [0.717, 1.165) is 34.8 Å². The van der Waals surface area contributed by atoms with Gasteiger partial charge in [-0.15, -0.1) is 0 Å². The van der Waals surface area contributed by atoms with Crippen LogP contribution in [0.3, 0.4) is 0 Å². The first-order chi connectivity index (χ1) is 13.6. The van der Waals surface area contributed by atoms with Crippen molar-refractivity contribution in [1.29, 1.82) is 0 Å². The van der Waals surface area contributed by atoms with E-state index in [-0.39, 0.29) is 12.2 Å². The van der Waals surface area contributed by atoms with Crippen LogP contribution in [0.1, 0.15) is 28.1 Å². The summed E-state index contributed by atoms with van der Waals surface area (Å²) in [7, 11) is 0. The van der Waals surface area contributed by atoms with Crippen LogP contribution in [0.2, 0.25) is 0 Å². The highest BCUT2D eigenvalue weighted by atomic mass is 19.4. The molecular weight excluding hydrogens is 379 g/mol. The summed E-state index contributed by atoms with van der Waals surface area (Å²) >= 11 is 0. The summed E-state index contributed by atoms with van der Waals surface area (Å²) in [6.45, 7) is 6.24.